The summed E-state index contributed by atoms with van der Waals surface area (Å²) in [5.41, 5.74) is 2.04. The Hall–Kier alpha value is -2.48. The summed E-state index contributed by atoms with van der Waals surface area (Å²) in [6.07, 6.45) is 0.657. The Morgan fingerprint density at radius 2 is 1.93 bits per heavy atom. The van der Waals surface area contributed by atoms with Crippen LogP contribution >= 0.6 is 15.9 Å². The molecule has 8 heteroatoms. The van der Waals surface area contributed by atoms with Crippen LogP contribution in [-0.2, 0) is 11.2 Å². The molecule has 1 aliphatic heterocycles. The molecule has 1 N–H and O–H groups in total. The van der Waals surface area contributed by atoms with Gasteiger partial charge in [0.05, 0.1) is 17.6 Å². The molecule has 0 bridgehead atoms. The van der Waals surface area contributed by atoms with E-state index in [2.05, 4.69) is 21.0 Å². The molecule has 29 heavy (non-hydrogen) atoms. The van der Waals surface area contributed by atoms with Gasteiger partial charge in [-0.3, -0.25) is 9.80 Å². The average Bonchev–Trinajstić information content (AvgIpc) is 3.02. The van der Waals surface area contributed by atoms with E-state index in [0.29, 0.717) is 6.42 Å². The van der Waals surface area contributed by atoms with Gasteiger partial charge >= 0.3 is 5.97 Å². The number of ether oxygens (including phenoxy) is 1. The largest absolute Gasteiger partial charge is 0.485 e. The summed E-state index contributed by atoms with van der Waals surface area (Å²) in [4.78, 5) is 11.0. The Morgan fingerprint density at radius 1 is 1.31 bits per heavy atom. The first-order chi connectivity index (χ1) is 13.7. The van der Waals surface area contributed by atoms with Crippen molar-refractivity contribution in [3.05, 3.63) is 58.1 Å². The van der Waals surface area contributed by atoms with E-state index in [4.69, 9.17) is 9.84 Å². The van der Waals surface area contributed by atoms with Crippen LogP contribution in [0.25, 0.3) is 0 Å². The predicted octanol–water partition coefficient (Wildman–Crippen LogP) is 5.02. The van der Waals surface area contributed by atoms with Crippen LogP contribution in [0.1, 0.15) is 25.8 Å². The zero-order valence-corrected chi connectivity index (χ0v) is 17.6. The molecule has 5 nitrogen and oxygen atoms in total. The van der Waals surface area contributed by atoms with E-state index in [9.17, 15) is 13.6 Å². The topological polar surface area (TPSA) is 62.1 Å². The molecule has 0 aliphatic carbocycles. The maximum absolute atomic E-state index is 14.4. The number of aliphatic carboxylic acids is 1. The van der Waals surface area contributed by atoms with Gasteiger partial charge in [0, 0.05) is 16.6 Å². The lowest BCUT2D eigenvalue weighted by Crippen LogP contribution is -2.32. The second kappa shape index (κ2) is 8.90. The van der Waals surface area contributed by atoms with Crippen molar-refractivity contribution in [2.24, 2.45) is 11.0 Å². The number of carboxylic acids is 1. The van der Waals surface area contributed by atoms with Gasteiger partial charge in [-0.15, -0.1) is 0 Å². The number of hydrazone groups is 1. The molecule has 2 aromatic carbocycles. The summed E-state index contributed by atoms with van der Waals surface area (Å²) in [6, 6.07) is 9.65. The van der Waals surface area contributed by atoms with E-state index in [1.807, 2.05) is 31.2 Å². The van der Waals surface area contributed by atoms with E-state index < -0.39 is 29.3 Å². The van der Waals surface area contributed by atoms with Gasteiger partial charge in [0.2, 0.25) is 0 Å². The third kappa shape index (κ3) is 5.12. The van der Waals surface area contributed by atoms with Crippen molar-refractivity contribution in [1.82, 2.24) is 0 Å². The Labute approximate surface area is 176 Å². The fraction of sp³-hybridized carbons (Fsp3) is 0.333. The van der Waals surface area contributed by atoms with Crippen molar-refractivity contribution in [2.75, 3.05) is 11.6 Å². The lowest BCUT2D eigenvalue weighted by atomic mass is 10.0. The number of benzene rings is 2. The van der Waals surface area contributed by atoms with Gasteiger partial charge in [0.1, 0.15) is 6.61 Å². The molecule has 0 amide bonds. The van der Waals surface area contributed by atoms with E-state index in [0.717, 1.165) is 28.0 Å². The quantitative estimate of drug-likeness (QED) is 0.621. The number of hydrogen-bond acceptors (Lipinski definition) is 4. The Kier molecular flexibility index (Phi) is 6.52. The zero-order chi connectivity index (χ0) is 21.1. The van der Waals surface area contributed by atoms with Gasteiger partial charge in [-0.1, -0.05) is 22.9 Å². The molecule has 2 atom stereocenters. The van der Waals surface area contributed by atoms with Crippen LogP contribution < -0.4 is 9.75 Å². The maximum Gasteiger partial charge on any atom is 0.306 e. The fourth-order valence-electron chi connectivity index (χ4n) is 3.21. The maximum atomic E-state index is 14.4. The molecule has 1 heterocycles. The van der Waals surface area contributed by atoms with Crippen molar-refractivity contribution < 1.29 is 23.4 Å². The molecular weight excluding hydrogens is 446 g/mol. The highest BCUT2D eigenvalue weighted by molar-refractivity contribution is 9.10. The van der Waals surface area contributed by atoms with Crippen LogP contribution in [0.3, 0.4) is 0 Å². The summed E-state index contributed by atoms with van der Waals surface area (Å²) in [5, 5.41) is 15.3. The number of rotatable bonds is 7. The Morgan fingerprint density at radius 3 is 2.52 bits per heavy atom. The summed E-state index contributed by atoms with van der Waals surface area (Å²) in [6.45, 7) is 3.43. The molecule has 0 spiro atoms. The second-order valence-corrected chi connectivity index (χ2v) is 8.07. The van der Waals surface area contributed by atoms with Crippen LogP contribution in [0.4, 0.5) is 14.5 Å². The van der Waals surface area contributed by atoms with Crippen LogP contribution in [0, 0.1) is 17.6 Å². The minimum atomic E-state index is -1.02. The fourth-order valence-corrected chi connectivity index (χ4v) is 3.48. The third-order valence-electron chi connectivity index (χ3n) is 4.69. The number of anilines is 1. The van der Waals surface area contributed by atoms with Gasteiger partial charge < -0.3 is 9.84 Å². The van der Waals surface area contributed by atoms with Gasteiger partial charge in [-0.25, -0.2) is 8.78 Å². The van der Waals surface area contributed by atoms with Crippen molar-refractivity contribution in [2.45, 2.75) is 32.7 Å². The number of nitrogens with zero attached hydrogens (tertiary/aromatic N) is 2. The molecule has 0 aromatic heterocycles. The smallest absolute Gasteiger partial charge is 0.306 e. The molecule has 0 fully saturated rings. The first-order valence-electron chi connectivity index (χ1n) is 9.17. The second-order valence-electron chi connectivity index (χ2n) is 7.16. The SMILES string of the molecule is CC1=NN(c2ccc(Br)cc2)C(COc2c(F)cc(CC(C)C(=O)O)cc2F)C1. The summed E-state index contributed by atoms with van der Waals surface area (Å²) >= 11 is 3.39. The molecule has 3 rings (SSSR count). The van der Waals surface area contributed by atoms with Gasteiger partial charge in [0.15, 0.2) is 17.4 Å². The van der Waals surface area contributed by atoms with Crippen LogP contribution in [-0.4, -0.2) is 29.4 Å². The van der Waals surface area contributed by atoms with E-state index in [1.54, 1.807) is 5.01 Å². The minimum Gasteiger partial charge on any atom is -0.485 e. The first-order valence-corrected chi connectivity index (χ1v) is 9.96. The van der Waals surface area contributed by atoms with E-state index in [1.165, 1.54) is 6.92 Å². The summed E-state index contributed by atoms with van der Waals surface area (Å²) in [5.74, 6) is -3.90. The molecule has 0 radical (unpaired) electrons. The monoisotopic (exact) mass is 466 g/mol. The van der Waals surface area contributed by atoms with Gasteiger partial charge in [-0.05, 0) is 55.3 Å². The van der Waals surface area contributed by atoms with Gasteiger partial charge in [0.25, 0.3) is 0 Å². The van der Waals surface area contributed by atoms with E-state index in [-0.39, 0.29) is 24.6 Å². The predicted molar refractivity (Wildman–Crippen MR) is 110 cm³/mol. The number of hydrogen-bond donors (Lipinski definition) is 1. The van der Waals surface area contributed by atoms with Crippen LogP contribution in [0.2, 0.25) is 0 Å². The molecule has 1 aliphatic rings. The van der Waals surface area contributed by atoms with Gasteiger partial charge in [-0.2, -0.15) is 5.10 Å². The molecule has 0 saturated carbocycles. The molecule has 2 unspecified atom stereocenters. The molecule has 154 valence electrons. The van der Waals surface area contributed by atoms with Crippen molar-refractivity contribution in [1.29, 1.82) is 0 Å². The average molecular weight is 467 g/mol. The first kappa shape index (κ1) is 21.2. The van der Waals surface area contributed by atoms with Crippen LogP contribution in [0.5, 0.6) is 5.75 Å². The summed E-state index contributed by atoms with van der Waals surface area (Å²) < 4.78 is 35.3. The highest BCUT2D eigenvalue weighted by Gasteiger charge is 2.27. The highest BCUT2D eigenvalue weighted by Crippen LogP contribution is 2.29. The Balaban J connectivity index is 1.71. The highest BCUT2D eigenvalue weighted by atomic mass is 79.9. The zero-order valence-electron chi connectivity index (χ0n) is 16.0. The number of carboxylic acid groups (broad SMARTS) is 1. The molecular formula is C21H21BrF2N2O3. The molecule has 0 saturated heterocycles. The lowest BCUT2D eigenvalue weighted by Gasteiger charge is -2.24. The van der Waals surface area contributed by atoms with E-state index >= 15 is 0 Å². The van der Waals surface area contributed by atoms with Crippen molar-refractivity contribution in [3.8, 4) is 5.75 Å². The summed E-state index contributed by atoms with van der Waals surface area (Å²) in [7, 11) is 0. The van der Waals surface area contributed by atoms with Crippen molar-refractivity contribution in [3.63, 3.8) is 0 Å². The normalized spacial score (nSPS) is 17.2. The minimum absolute atomic E-state index is 0.0382. The lowest BCUT2D eigenvalue weighted by molar-refractivity contribution is -0.141. The Bertz CT molecular complexity index is 911. The van der Waals surface area contributed by atoms with Crippen molar-refractivity contribution >= 4 is 33.3 Å². The third-order valence-corrected chi connectivity index (χ3v) is 5.22. The number of carbonyl (C=O) groups is 1. The van der Waals surface area contributed by atoms with Crippen LogP contribution in [0.15, 0.2) is 46.0 Å². The standard InChI is InChI=1S/C21H21BrF2N2O3/c1-12(21(27)28)7-14-9-18(23)20(19(24)10-14)29-11-17-8-13(2)25-26(17)16-5-3-15(22)4-6-16/h3-6,9-10,12,17H,7-8,11H2,1-2H3,(H,27,28). The molecule has 2 aromatic rings. The number of halogens is 3.